The molecule has 1 aliphatic rings. The van der Waals surface area contributed by atoms with Crippen LogP contribution < -0.4 is 0 Å². The second-order valence-corrected chi connectivity index (χ2v) is 5.21. The fraction of sp³-hybridized carbons (Fsp3) is 0. The molecule has 0 saturated heterocycles. The van der Waals surface area contributed by atoms with Crippen molar-refractivity contribution in [1.82, 2.24) is 19.9 Å². The van der Waals surface area contributed by atoms with Gasteiger partial charge in [0.1, 0.15) is 12.1 Å². The highest BCUT2D eigenvalue weighted by molar-refractivity contribution is 6.02. The predicted octanol–water partition coefficient (Wildman–Crippen LogP) is 2.35. The van der Waals surface area contributed by atoms with Crippen LogP contribution in [-0.2, 0) is 0 Å². The Morgan fingerprint density at radius 1 is 0.846 bits per heavy atom. The summed E-state index contributed by atoms with van der Waals surface area (Å²) in [6.07, 6.45) is 0. The van der Waals surface area contributed by atoms with Gasteiger partial charge in [-0.2, -0.15) is 10.5 Å². The van der Waals surface area contributed by atoms with E-state index in [2.05, 4.69) is 24.8 Å². The van der Waals surface area contributed by atoms with Crippen molar-refractivity contribution < 1.29 is 0 Å². The number of hydrogen-bond donors (Lipinski definition) is 0. The minimum absolute atomic E-state index is 0.0758. The number of rotatable bonds is 0. The number of nitriles is 3. The zero-order valence-electron chi connectivity index (χ0n) is 12.9. The Morgan fingerprint density at radius 2 is 1.42 bits per heavy atom. The monoisotopic (exact) mass is 332 g/mol. The summed E-state index contributed by atoms with van der Waals surface area (Å²) in [5.41, 5.74) is 2.38. The largest absolute Gasteiger partial charge is 0.271 e. The van der Waals surface area contributed by atoms with E-state index in [1.54, 1.807) is 18.2 Å². The summed E-state index contributed by atoms with van der Waals surface area (Å²) in [5, 5.41) is 27.6. The maximum atomic E-state index is 9.32. The number of benzene rings is 1. The first-order chi connectivity index (χ1) is 12.7. The third-order valence-corrected chi connectivity index (χ3v) is 3.87. The summed E-state index contributed by atoms with van der Waals surface area (Å²) in [6, 6.07) is 12.7. The van der Waals surface area contributed by atoms with Gasteiger partial charge in [-0.1, -0.05) is 24.3 Å². The quantitative estimate of drug-likeness (QED) is 0.357. The molecule has 0 unspecified atom stereocenters. The molecule has 116 valence electrons. The van der Waals surface area contributed by atoms with Crippen molar-refractivity contribution in [2.75, 3.05) is 0 Å². The highest BCUT2D eigenvalue weighted by Gasteiger charge is 2.30. The van der Waals surface area contributed by atoms with Crippen molar-refractivity contribution in [3.05, 3.63) is 64.0 Å². The predicted molar refractivity (Wildman–Crippen MR) is 88.2 cm³/mol. The van der Waals surface area contributed by atoms with Gasteiger partial charge in [0.05, 0.1) is 24.0 Å². The van der Waals surface area contributed by atoms with E-state index in [0.717, 1.165) is 0 Å². The van der Waals surface area contributed by atoms with E-state index < -0.39 is 0 Å². The summed E-state index contributed by atoms with van der Waals surface area (Å²) in [4.78, 5) is 20.3. The Bertz CT molecular complexity index is 1310. The molecule has 2 aromatic heterocycles. The molecule has 2 heterocycles. The van der Waals surface area contributed by atoms with Crippen LogP contribution in [0.3, 0.4) is 0 Å². The number of allylic oxidation sites excluding steroid dienone is 1. The Kier molecular flexibility index (Phi) is 3.13. The van der Waals surface area contributed by atoms with Gasteiger partial charge < -0.3 is 0 Å². The Morgan fingerprint density at radius 3 is 1.96 bits per heavy atom. The van der Waals surface area contributed by atoms with Crippen LogP contribution in [-0.4, -0.2) is 19.9 Å². The van der Waals surface area contributed by atoms with Gasteiger partial charge in [-0.25, -0.2) is 30.0 Å². The van der Waals surface area contributed by atoms with Crippen LogP contribution in [0, 0.1) is 40.6 Å². The van der Waals surface area contributed by atoms with E-state index in [0.29, 0.717) is 28.1 Å². The first-order valence-corrected chi connectivity index (χ1v) is 7.23. The first kappa shape index (κ1) is 14.9. The van der Waals surface area contributed by atoms with Crippen molar-refractivity contribution in [3.63, 3.8) is 0 Å². The van der Waals surface area contributed by atoms with Gasteiger partial charge in [0.2, 0.25) is 0 Å². The SMILES string of the molecule is [C-]#[N+]/C(C#N)=C1\c2ccccc2-c2nc3nc(C#N)c(C#N)nc3nc21. The lowest BCUT2D eigenvalue weighted by Gasteiger charge is -2.03. The van der Waals surface area contributed by atoms with E-state index >= 15 is 0 Å². The average Bonchev–Trinajstić information content (AvgIpc) is 3.00. The summed E-state index contributed by atoms with van der Waals surface area (Å²) < 4.78 is 0. The number of hydrogen-bond acceptors (Lipinski definition) is 7. The molecule has 0 radical (unpaired) electrons. The molecule has 0 bridgehead atoms. The molecule has 0 N–H and O–H groups in total. The molecular weight excluding hydrogens is 328 g/mol. The van der Waals surface area contributed by atoms with E-state index in [9.17, 15) is 5.26 Å². The molecule has 1 aromatic carbocycles. The third kappa shape index (κ3) is 1.91. The summed E-state index contributed by atoms with van der Waals surface area (Å²) in [7, 11) is 0. The second kappa shape index (κ2) is 5.46. The molecule has 0 atom stereocenters. The number of nitrogens with zero attached hydrogens (tertiary/aromatic N) is 8. The van der Waals surface area contributed by atoms with E-state index in [1.807, 2.05) is 24.3 Å². The highest BCUT2D eigenvalue weighted by Crippen LogP contribution is 2.44. The second-order valence-electron chi connectivity index (χ2n) is 5.21. The van der Waals surface area contributed by atoms with Gasteiger partial charge in [-0.3, -0.25) is 0 Å². The Hall–Kier alpha value is -4.66. The van der Waals surface area contributed by atoms with Crippen molar-refractivity contribution in [2.45, 2.75) is 0 Å². The smallest absolute Gasteiger partial charge is 0.226 e. The molecule has 0 amide bonds. The lowest BCUT2D eigenvalue weighted by atomic mass is 10.0. The van der Waals surface area contributed by atoms with Crippen LogP contribution in [0.2, 0.25) is 0 Å². The van der Waals surface area contributed by atoms with Gasteiger partial charge in [0.25, 0.3) is 5.70 Å². The summed E-state index contributed by atoms with van der Waals surface area (Å²) in [6.45, 7) is 7.28. The zero-order chi connectivity index (χ0) is 18.3. The summed E-state index contributed by atoms with van der Waals surface area (Å²) >= 11 is 0. The van der Waals surface area contributed by atoms with Gasteiger partial charge in [-0.05, 0) is 5.56 Å². The van der Waals surface area contributed by atoms with Crippen LogP contribution in [0.4, 0.5) is 0 Å². The molecular formula is C18H4N8. The lowest BCUT2D eigenvalue weighted by Crippen LogP contribution is -2.02. The van der Waals surface area contributed by atoms with Gasteiger partial charge in [0.15, 0.2) is 22.7 Å². The molecule has 26 heavy (non-hydrogen) atoms. The van der Waals surface area contributed by atoms with Crippen LogP contribution in [0.25, 0.3) is 33.0 Å². The standard InChI is InChI=1S/C18H4N8/c1-22-13(8-21)14-9-4-2-3-5-10(9)15-16(14)26-18-17(25-15)23-11(6-19)12(7-20)24-18/h2-5H/b14-13+. The minimum atomic E-state index is -0.152. The van der Waals surface area contributed by atoms with Crippen molar-refractivity contribution in [1.29, 1.82) is 15.8 Å². The fourth-order valence-electron chi connectivity index (χ4n) is 2.82. The minimum Gasteiger partial charge on any atom is -0.226 e. The van der Waals surface area contributed by atoms with Crippen LogP contribution in [0.15, 0.2) is 30.0 Å². The lowest BCUT2D eigenvalue weighted by molar-refractivity contribution is 1.11. The molecule has 0 spiro atoms. The topological polar surface area (TPSA) is 127 Å². The molecule has 0 aliphatic heterocycles. The number of aromatic nitrogens is 4. The Labute approximate surface area is 146 Å². The normalized spacial score (nSPS) is 12.9. The summed E-state index contributed by atoms with van der Waals surface area (Å²) in [5.74, 6) is 0. The van der Waals surface area contributed by atoms with E-state index in [-0.39, 0.29) is 28.4 Å². The van der Waals surface area contributed by atoms with Crippen LogP contribution in [0.5, 0.6) is 0 Å². The molecule has 8 nitrogen and oxygen atoms in total. The van der Waals surface area contributed by atoms with Crippen LogP contribution in [0.1, 0.15) is 22.6 Å². The van der Waals surface area contributed by atoms with Crippen molar-refractivity contribution in [2.24, 2.45) is 0 Å². The molecule has 8 heteroatoms. The maximum absolute atomic E-state index is 9.32. The third-order valence-electron chi connectivity index (χ3n) is 3.87. The molecule has 0 saturated carbocycles. The van der Waals surface area contributed by atoms with Crippen molar-refractivity contribution in [3.8, 4) is 29.5 Å². The molecule has 3 aromatic rings. The van der Waals surface area contributed by atoms with Gasteiger partial charge in [-0.15, -0.1) is 0 Å². The van der Waals surface area contributed by atoms with Gasteiger partial charge in [0, 0.05) is 11.1 Å². The van der Waals surface area contributed by atoms with E-state index in [1.165, 1.54) is 0 Å². The number of fused-ring (bicyclic) bond motifs is 4. The van der Waals surface area contributed by atoms with E-state index in [4.69, 9.17) is 17.1 Å². The van der Waals surface area contributed by atoms with Crippen LogP contribution >= 0.6 is 0 Å². The van der Waals surface area contributed by atoms with Crippen molar-refractivity contribution >= 4 is 16.9 Å². The maximum Gasteiger partial charge on any atom is 0.271 e. The first-order valence-electron chi connectivity index (χ1n) is 7.23. The molecule has 0 fully saturated rings. The zero-order valence-corrected chi connectivity index (χ0v) is 12.9. The molecule has 4 rings (SSSR count). The average molecular weight is 332 g/mol. The molecule has 1 aliphatic carbocycles. The fourth-order valence-corrected chi connectivity index (χ4v) is 2.82. The highest BCUT2D eigenvalue weighted by atomic mass is 15.0. The Balaban J connectivity index is 2.16. The van der Waals surface area contributed by atoms with Gasteiger partial charge >= 0.3 is 0 Å².